The van der Waals surface area contributed by atoms with Crippen LogP contribution in [-0.4, -0.2) is 81.2 Å². The minimum absolute atomic E-state index is 0.205. The molecule has 0 amide bonds. The summed E-state index contributed by atoms with van der Waals surface area (Å²) in [6, 6.07) is 0. The predicted molar refractivity (Wildman–Crippen MR) is 102 cm³/mol. The van der Waals surface area contributed by atoms with Gasteiger partial charge >= 0.3 is 11.9 Å². The number of carbonyl (C=O) groups excluding carboxylic acids is 2. The van der Waals surface area contributed by atoms with Gasteiger partial charge in [0.2, 0.25) is 0 Å². The van der Waals surface area contributed by atoms with E-state index in [4.69, 9.17) is 14.6 Å². The molecule has 1 fully saturated rings. The van der Waals surface area contributed by atoms with E-state index in [1.807, 2.05) is 0 Å². The maximum Gasteiger partial charge on any atom is 0.331 e. The summed E-state index contributed by atoms with van der Waals surface area (Å²) in [5.74, 6) is -0.490. The number of ether oxygens (including phenoxy) is 2. The molecule has 1 saturated carbocycles. The Morgan fingerprint density at radius 3 is 2.17 bits per heavy atom. The van der Waals surface area contributed by atoms with Crippen molar-refractivity contribution < 1.29 is 44.6 Å². The standard InChI is InChI=1S/C20H34O9/c1-11(2)13-5-4-12(3)8-16(13)29-18(25)7-6-17(24)28-10-15(23)20(27)19(26)14(22)9-21/h6-7,11-16,19-23,26-27H,4-5,8-10H2,1-3H3. The quantitative estimate of drug-likeness (QED) is 0.234. The summed E-state index contributed by atoms with van der Waals surface area (Å²) in [4.78, 5) is 23.7. The van der Waals surface area contributed by atoms with E-state index < -0.39 is 49.6 Å². The van der Waals surface area contributed by atoms with E-state index in [2.05, 4.69) is 20.8 Å². The Kier molecular flexibility index (Phi) is 10.8. The molecule has 0 aliphatic heterocycles. The summed E-state index contributed by atoms with van der Waals surface area (Å²) < 4.78 is 10.2. The summed E-state index contributed by atoms with van der Waals surface area (Å²) in [5.41, 5.74) is 0. The largest absolute Gasteiger partial charge is 0.460 e. The van der Waals surface area contributed by atoms with Crippen molar-refractivity contribution in [3.8, 4) is 0 Å². The molecule has 0 aromatic rings. The van der Waals surface area contributed by atoms with Gasteiger partial charge in [0.15, 0.2) is 0 Å². The van der Waals surface area contributed by atoms with E-state index in [-0.39, 0.29) is 12.0 Å². The van der Waals surface area contributed by atoms with Crippen LogP contribution in [0, 0.1) is 17.8 Å². The molecule has 0 aromatic heterocycles. The Labute approximate surface area is 170 Å². The molecule has 29 heavy (non-hydrogen) atoms. The van der Waals surface area contributed by atoms with Crippen molar-refractivity contribution in [1.29, 1.82) is 0 Å². The molecule has 7 unspecified atom stereocenters. The zero-order valence-corrected chi connectivity index (χ0v) is 17.2. The zero-order chi connectivity index (χ0) is 22.1. The second-order valence-electron chi connectivity index (χ2n) is 8.06. The van der Waals surface area contributed by atoms with Gasteiger partial charge in [0.05, 0.1) is 6.61 Å². The van der Waals surface area contributed by atoms with Crippen LogP contribution in [0.4, 0.5) is 0 Å². The second kappa shape index (κ2) is 12.2. The van der Waals surface area contributed by atoms with Crippen LogP contribution in [0.3, 0.4) is 0 Å². The number of hydrogen-bond donors (Lipinski definition) is 5. The van der Waals surface area contributed by atoms with Crippen molar-refractivity contribution in [1.82, 2.24) is 0 Å². The Bertz CT molecular complexity index is 548. The first-order valence-corrected chi connectivity index (χ1v) is 9.95. The van der Waals surface area contributed by atoms with Crippen molar-refractivity contribution in [3.63, 3.8) is 0 Å². The molecule has 1 aliphatic carbocycles. The molecule has 168 valence electrons. The number of rotatable bonds is 10. The van der Waals surface area contributed by atoms with Gasteiger partial charge in [0.1, 0.15) is 37.1 Å². The maximum absolute atomic E-state index is 12.0. The van der Waals surface area contributed by atoms with Crippen molar-refractivity contribution in [2.75, 3.05) is 13.2 Å². The van der Waals surface area contributed by atoms with Crippen molar-refractivity contribution in [3.05, 3.63) is 12.2 Å². The van der Waals surface area contributed by atoms with Crippen LogP contribution >= 0.6 is 0 Å². The minimum atomic E-state index is -1.83. The molecular weight excluding hydrogens is 384 g/mol. The highest BCUT2D eigenvalue weighted by Crippen LogP contribution is 2.35. The third-order valence-corrected chi connectivity index (χ3v) is 5.31. The summed E-state index contributed by atoms with van der Waals surface area (Å²) >= 11 is 0. The fraction of sp³-hybridized carbons (Fsp3) is 0.800. The van der Waals surface area contributed by atoms with Crippen molar-refractivity contribution >= 4 is 11.9 Å². The number of hydrogen-bond acceptors (Lipinski definition) is 9. The molecule has 5 N–H and O–H groups in total. The third kappa shape index (κ3) is 8.39. The lowest BCUT2D eigenvalue weighted by Gasteiger charge is -2.36. The number of esters is 2. The third-order valence-electron chi connectivity index (χ3n) is 5.31. The molecule has 0 saturated heterocycles. The molecule has 0 heterocycles. The van der Waals surface area contributed by atoms with Crippen LogP contribution in [0.1, 0.15) is 40.0 Å². The first-order valence-electron chi connectivity index (χ1n) is 9.95. The molecule has 0 radical (unpaired) electrons. The molecule has 0 bridgehead atoms. The summed E-state index contributed by atoms with van der Waals surface area (Å²) in [6.07, 6.45) is -2.53. The maximum atomic E-state index is 12.0. The topological polar surface area (TPSA) is 154 Å². The molecule has 9 nitrogen and oxygen atoms in total. The van der Waals surface area contributed by atoms with Gasteiger partial charge in [-0.05, 0) is 30.6 Å². The number of carbonyl (C=O) groups is 2. The van der Waals surface area contributed by atoms with Crippen LogP contribution in [0.15, 0.2) is 12.2 Å². The summed E-state index contributed by atoms with van der Waals surface area (Å²) in [6.45, 7) is 4.80. The van der Waals surface area contributed by atoms with Gasteiger partial charge in [0.25, 0.3) is 0 Å². The highest BCUT2D eigenvalue weighted by atomic mass is 16.5. The fourth-order valence-electron chi connectivity index (χ4n) is 3.45. The Hall–Kier alpha value is -1.52. The van der Waals surface area contributed by atoms with Gasteiger partial charge in [-0.3, -0.25) is 0 Å². The Morgan fingerprint density at radius 2 is 1.59 bits per heavy atom. The number of aliphatic hydroxyl groups excluding tert-OH is 5. The Morgan fingerprint density at radius 1 is 1.00 bits per heavy atom. The zero-order valence-electron chi connectivity index (χ0n) is 17.2. The highest BCUT2D eigenvalue weighted by molar-refractivity contribution is 5.91. The first kappa shape index (κ1) is 25.5. The molecule has 0 aromatic carbocycles. The van der Waals surface area contributed by atoms with Crippen molar-refractivity contribution in [2.45, 2.75) is 70.6 Å². The molecule has 9 heteroatoms. The second-order valence-corrected chi connectivity index (χ2v) is 8.06. The normalized spacial score (nSPS) is 26.7. The SMILES string of the molecule is CC1CCC(C(C)C)C(OC(=O)C=CC(=O)OCC(O)C(O)C(O)C(O)CO)C1. The minimum Gasteiger partial charge on any atom is -0.460 e. The van der Waals surface area contributed by atoms with Crippen molar-refractivity contribution in [2.24, 2.45) is 17.8 Å². The van der Waals surface area contributed by atoms with Gasteiger partial charge in [-0.2, -0.15) is 0 Å². The Balaban J connectivity index is 2.47. The van der Waals surface area contributed by atoms with Gasteiger partial charge in [0, 0.05) is 12.2 Å². The van der Waals surface area contributed by atoms with Gasteiger partial charge in [-0.25, -0.2) is 9.59 Å². The molecule has 1 aliphatic rings. The monoisotopic (exact) mass is 418 g/mol. The predicted octanol–water partition coefficient (Wildman–Crippen LogP) is -0.474. The summed E-state index contributed by atoms with van der Waals surface area (Å²) in [7, 11) is 0. The van der Waals surface area contributed by atoms with Crippen LogP contribution < -0.4 is 0 Å². The average Bonchev–Trinajstić information content (AvgIpc) is 2.68. The van der Waals surface area contributed by atoms with E-state index in [1.165, 1.54) is 0 Å². The van der Waals surface area contributed by atoms with E-state index >= 15 is 0 Å². The van der Waals surface area contributed by atoms with E-state index in [9.17, 15) is 30.0 Å². The average molecular weight is 418 g/mol. The van der Waals surface area contributed by atoms with E-state index in [0.29, 0.717) is 11.8 Å². The van der Waals surface area contributed by atoms with Crippen LogP contribution in [0.25, 0.3) is 0 Å². The highest BCUT2D eigenvalue weighted by Gasteiger charge is 2.33. The fourth-order valence-corrected chi connectivity index (χ4v) is 3.45. The summed E-state index contributed by atoms with van der Waals surface area (Å²) in [5, 5.41) is 46.8. The van der Waals surface area contributed by atoms with E-state index in [1.54, 1.807) is 0 Å². The lowest BCUT2D eigenvalue weighted by molar-refractivity contribution is -0.153. The van der Waals surface area contributed by atoms with Gasteiger partial charge < -0.3 is 35.0 Å². The molecule has 0 spiro atoms. The van der Waals surface area contributed by atoms with Gasteiger partial charge in [-0.1, -0.05) is 27.2 Å². The lowest BCUT2D eigenvalue weighted by Crippen LogP contribution is -2.47. The smallest absolute Gasteiger partial charge is 0.331 e. The van der Waals surface area contributed by atoms with Crippen LogP contribution in [-0.2, 0) is 19.1 Å². The van der Waals surface area contributed by atoms with Crippen LogP contribution in [0.5, 0.6) is 0 Å². The number of aliphatic hydroxyl groups is 5. The van der Waals surface area contributed by atoms with E-state index in [0.717, 1.165) is 31.4 Å². The molecule has 7 atom stereocenters. The molecular formula is C20H34O9. The molecule has 1 rings (SSSR count). The van der Waals surface area contributed by atoms with Gasteiger partial charge in [-0.15, -0.1) is 0 Å². The van der Waals surface area contributed by atoms with Crippen LogP contribution in [0.2, 0.25) is 0 Å². The lowest BCUT2D eigenvalue weighted by atomic mass is 9.75. The first-order chi connectivity index (χ1) is 13.6.